The van der Waals surface area contributed by atoms with Gasteiger partial charge in [-0.15, -0.1) is 0 Å². The maximum absolute atomic E-state index is 12.0. The predicted octanol–water partition coefficient (Wildman–Crippen LogP) is -1.52. The molecule has 0 atom stereocenters. The van der Waals surface area contributed by atoms with Gasteiger partial charge in [-0.1, -0.05) is 0 Å². The lowest BCUT2D eigenvalue weighted by Gasteiger charge is -2.17. The Balaban J connectivity index is 0.00000225. The number of amides is 1. The third-order valence-corrected chi connectivity index (χ3v) is 2.52. The summed E-state index contributed by atoms with van der Waals surface area (Å²) >= 11 is 0. The minimum Gasteiger partial charge on any atom is -1.00 e. The van der Waals surface area contributed by atoms with Crippen LogP contribution in [0.2, 0.25) is 0 Å². The summed E-state index contributed by atoms with van der Waals surface area (Å²) in [5, 5.41) is 0. The number of aromatic nitrogens is 1. The van der Waals surface area contributed by atoms with Crippen molar-refractivity contribution >= 4 is 5.91 Å². The first-order chi connectivity index (χ1) is 7.22. The Bertz CT molecular complexity index is 338. The van der Waals surface area contributed by atoms with Gasteiger partial charge in [-0.05, 0) is 26.8 Å². The second-order valence-corrected chi connectivity index (χ2v) is 3.40. The first-order valence-corrected chi connectivity index (χ1v) is 5.51. The second kappa shape index (κ2) is 7.60. The standard InChI is InChI=1S/C12H19N2O.HI/c1-4-13-9-7-8-11(10-13)12(15)14(5-2)6-3;/h7-10H,4-6H2,1-3H3;1H/q+1;/p-1. The lowest BCUT2D eigenvalue weighted by atomic mass is 10.2. The smallest absolute Gasteiger partial charge is 0.259 e. The van der Waals surface area contributed by atoms with Gasteiger partial charge in [0.15, 0.2) is 12.4 Å². The van der Waals surface area contributed by atoms with Crippen molar-refractivity contribution in [2.24, 2.45) is 0 Å². The molecular weight excluding hydrogens is 315 g/mol. The molecular formula is C12H19IN2O. The average molecular weight is 334 g/mol. The number of rotatable bonds is 4. The molecule has 0 bridgehead atoms. The molecule has 0 saturated carbocycles. The van der Waals surface area contributed by atoms with E-state index in [0.717, 1.165) is 25.2 Å². The van der Waals surface area contributed by atoms with Crippen LogP contribution in [0.4, 0.5) is 0 Å². The molecule has 1 rings (SSSR count). The molecule has 0 fully saturated rings. The van der Waals surface area contributed by atoms with Crippen LogP contribution < -0.4 is 28.5 Å². The van der Waals surface area contributed by atoms with Crippen LogP contribution in [0.1, 0.15) is 31.1 Å². The van der Waals surface area contributed by atoms with Crippen LogP contribution in [-0.2, 0) is 6.54 Å². The highest BCUT2D eigenvalue weighted by atomic mass is 127. The number of hydrogen-bond acceptors (Lipinski definition) is 1. The minimum atomic E-state index is 0. The summed E-state index contributed by atoms with van der Waals surface area (Å²) in [7, 11) is 0. The molecule has 90 valence electrons. The number of halogens is 1. The number of nitrogens with zero attached hydrogens (tertiary/aromatic N) is 2. The van der Waals surface area contributed by atoms with E-state index < -0.39 is 0 Å². The van der Waals surface area contributed by atoms with Gasteiger partial charge in [0, 0.05) is 19.2 Å². The maximum Gasteiger partial charge on any atom is 0.259 e. The van der Waals surface area contributed by atoms with Crippen molar-refractivity contribution in [1.82, 2.24) is 4.90 Å². The molecule has 0 radical (unpaired) electrons. The highest BCUT2D eigenvalue weighted by molar-refractivity contribution is 5.93. The quantitative estimate of drug-likeness (QED) is 0.485. The van der Waals surface area contributed by atoms with E-state index in [2.05, 4.69) is 6.92 Å². The Morgan fingerprint density at radius 2 is 1.94 bits per heavy atom. The largest absolute Gasteiger partial charge is 1.00 e. The van der Waals surface area contributed by atoms with Crippen molar-refractivity contribution < 1.29 is 33.3 Å². The Morgan fingerprint density at radius 1 is 1.31 bits per heavy atom. The van der Waals surface area contributed by atoms with E-state index in [1.54, 1.807) is 0 Å². The number of pyridine rings is 1. The summed E-state index contributed by atoms with van der Waals surface area (Å²) < 4.78 is 2.01. The zero-order valence-electron chi connectivity index (χ0n) is 10.1. The van der Waals surface area contributed by atoms with Crippen LogP contribution in [0.3, 0.4) is 0 Å². The van der Waals surface area contributed by atoms with Gasteiger partial charge < -0.3 is 28.9 Å². The number of aryl methyl sites for hydroxylation is 1. The molecule has 1 heterocycles. The van der Waals surface area contributed by atoms with Crippen LogP contribution in [0, 0.1) is 0 Å². The average Bonchev–Trinajstić information content (AvgIpc) is 2.30. The fraction of sp³-hybridized carbons (Fsp3) is 0.500. The van der Waals surface area contributed by atoms with E-state index in [4.69, 9.17) is 0 Å². The minimum absolute atomic E-state index is 0. The molecule has 0 aliphatic rings. The molecule has 1 aromatic rings. The number of carbonyl (C=O) groups is 1. The van der Waals surface area contributed by atoms with Gasteiger partial charge in [0.25, 0.3) is 5.91 Å². The molecule has 0 unspecified atom stereocenters. The highest BCUT2D eigenvalue weighted by Crippen LogP contribution is 2.01. The van der Waals surface area contributed by atoms with Crippen LogP contribution in [0.15, 0.2) is 24.5 Å². The van der Waals surface area contributed by atoms with Crippen molar-refractivity contribution in [2.45, 2.75) is 27.3 Å². The van der Waals surface area contributed by atoms with E-state index in [1.807, 2.05) is 47.8 Å². The summed E-state index contributed by atoms with van der Waals surface area (Å²) in [6.45, 7) is 8.47. The van der Waals surface area contributed by atoms with E-state index in [0.29, 0.717) is 0 Å². The SMILES string of the molecule is CCN(CC)C(=O)c1ccc[n+](CC)c1.[I-]. The second-order valence-electron chi connectivity index (χ2n) is 3.40. The summed E-state index contributed by atoms with van der Waals surface area (Å²) in [5.74, 6) is 0.114. The fourth-order valence-electron chi connectivity index (χ4n) is 1.54. The topological polar surface area (TPSA) is 24.2 Å². The summed E-state index contributed by atoms with van der Waals surface area (Å²) in [4.78, 5) is 13.8. The summed E-state index contributed by atoms with van der Waals surface area (Å²) in [6.07, 6.45) is 3.87. The Labute approximate surface area is 114 Å². The molecule has 0 N–H and O–H groups in total. The van der Waals surface area contributed by atoms with E-state index >= 15 is 0 Å². The van der Waals surface area contributed by atoms with Crippen molar-refractivity contribution in [2.75, 3.05) is 13.1 Å². The van der Waals surface area contributed by atoms with E-state index in [1.165, 1.54) is 0 Å². The molecule has 1 aromatic heterocycles. The highest BCUT2D eigenvalue weighted by Gasteiger charge is 2.14. The van der Waals surface area contributed by atoms with Crippen LogP contribution in [-0.4, -0.2) is 23.9 Å². The molecule has 1 amide bonds. The fourth-order valence-corrected chi connectivity index (χ4v) is 1.54. The molecule has 16 heavy (non-hydrogen) atoms. The summed E-state index contributed by atoms with van der Waals surface area (Å²) in [5.41, 5.74) is 0.767. The van der Waals surface area contributed by atoms with Gasteiger partial charge in [0.05, 0.1) is 0 Å². The number of hydrogen-bond donors (Lipinski definition) is 0. The predicted molar refractivity (Wildman–Crippen MR) is 59.6 cm³/mol. The lowest BCUT2D eigenvalue weighted by molar-refractivity contribution is -0.693. The van der Waals surface area contributed by atoms with Gasteiger partial charge in [0.2, 0.25) is 0 Å². The first kappa shape index (κ1) is 15.3. The Kier molecular flexibility index (Phi) is 7.29. The summed E-state index contributed by atoms with van der Waals surface area (Å²) in [6, 6.07) is 3.78. The number of carbonyl (C=O) groups excluding carboxylic acids is 1. The Hall–Kier alpha value is -0.650. The molecule has 0 saturated heterocycles. The van der Waals surface area contributed by atoms with E-state index in [-0.39, 0.29) is 29.9 Å². The normalized spacial score (nSPS) is 9.44. The zero-order valence-corrected chi connectivity index (χ0v) is 12.3. The maximum atomic E-state index is 12.0. The van der Waals surface area contributed by atoms with E-state index in [9.17, 15) is 4.79 Å². The lowest BCUT2D eigenvalue weighted by Crippen LogP contribution is -3.00. The van der Waals surface area contributed by atoms with Crippen molar-refractivity contribution in [1.29, 1.82) is 0 Å². The molecule has 0 aliphatic carbocycles. The van der Waals surface area contributed by atoms with Crippen molar-refractivity contribution in [3.63, 3.8) is 0 Å². The molecule has 0 aromatic carbocycles. The van der Waals surface area contributed by atoms with Crippen molar-refractivity contribution in [3.8, 4) is 0 Å². The molecule has 0 spiro atoms. The molecule has 3 nitrogen and oxygen atoms in total. The third-order valence-electron chi connectivity index (χ3n) is 2.52. The van der Waals surface area contributed by atoms with Gasteiger partial charge in [-0.3, -0.25) is 4.79 Å². The Morgan fingerprint density at radius 3 is 2.44 bits per heavy atom. The van der Waals surface area contributed by atoms with Gasteiger partial charge >= 0.3 is 0 Å². The first-order valence-electron chi connectivity index (χ1n) is 5.51. The zero-order chi connectivity index (χ0) is 11.3. The van der Waals surface area contributed by atoms with Gasteiger partial charge in [-0.2, -0.15) is 0 Å². The van der Waals surface area contributed by atoms with Gasteiger partial charge in [0.1, 0.15) is 12.1 Å². The third kappa shape index (κ3) is 3.73. The van der Waals surface area contributed by atoms with Crippen LogP contribution in [0.5, 0.6) is 0 Å². The molecule has 4 heteroatoms. The monoisotopic (exact) mass is 334 g/mol. The van der Waals surface area contributed by atoms with Crippen LogP contribution in [0.25, 0.3) is 0 Å². The van der Waals surface area contributed by atoms with Crippen LogP contribution >= 0.6 is 0 Å². The van der Waals surface area contributed by atoms with Crippen molar-refractivity contribution in [3.05, 3.63) is 30.1 Å². The van der Waals surface area contributed by atoms with Gasteiger partial charge in [-0.25, -0.2) is 4.57 Å². The molecule has 0 aliphatic heterocycles.